The smallest absolute Gasteiger partial charge is 0.00957 e. The average molecular weight is 272 g/mol. The Morgan fingerprint density at radius 2 is 1.55 bits per heavy atom. The van der Waals surface area contributed by atoms with E-state index in [-0.39, 0.29) is 5.41 Å². The second-order valence-corrected chi connectivity index (χ2v) is 8.53. The van der Waals surface area contributed by atoms with Gasteiger partial charge in [0.25, 0.3) is 0 Å². The van der Waals surface area contributed by atoms with Crippen molar-refractivity contribution in [3.63, 3.8) is 0 Å². The summed E-state index contributed by atoms with van der Waals surface area (Å²) >= 11 is 0. The Bertz CT molecular complexity index is 459. The van der Waals surface area contributed by atoms with Gasteiger partial charge in [-0.05, 0) is 53.6 Å². The lowest BCUT2D eigenvalue weighted by Crippen LogP contribution is -2.38. The molecule has 0 aromatic heterocycles. The number of aryl methyl sites for hydroxylation is 1. The molecule has 0 spiro atoms. The van der Waals surface area contributed by atoms with Crippen molar-refractivity contribution in [2.45, 2.75) is 79.1 Å². The van der Waals surface area contributed by atoms with Gasteiger partial charge in [-0.25, -0.2) is 0 Å². The molecule has 0 aliphatic heterocycles. The molecule has 0 nitrogen and oxygen atoms in total. The van der Waals surface area contributed by atoms with Gasteiger partial charge in [0.2, 0.25) is 0 Å². The van der Waals surface area contributed by atoms with Crippen LogP contribution in [0.1, 0.15) is 77.8 Å². The Hall–Kier alpha value is -0.780. The standard InChI is InChI=1S/C20H32/c1-16-11-7-8-12-17(16)18(2,3)15-19(4,5)20(6)13-9-10-14-20/h7-8,11-12H,9-10,13-15H2,1-6H3. The maximum absolute atomic E-state index is 2.52. The van der Waals surface area contributed by atoms with Crippen LogP contribution in [0.25, 0.3) is 0 Å². The molecule has 1 aromatic rings. The molecule has 0 unspecified atom stereocenters. The molecule has 1 aromatic carbocycles. The normalized spacial score (nSPS) is 19.3. The summed E-state index contributed by atoms with van der Waals surface area (Å²) in [6.45, 7) is 14.6. The molecule has 0 atom stereocenters. The quantitative estimate of drug-likeness (QED) is 0.606. The largest absolute Gasteiger partial charge is 0.0620 e. The van der Waals surface area contributed by atoms with Crippen LogP contribution in [0.5, 0.6) is 0 Å². The molecule has 0 N–H and O–H groups in total. The van der Waals surface area contributed by atoms with Gasteiger partial charge >= 0.3 is 0 Å². The minimum atomic E-state index is 0.250. The summed E-state index contributed by atoms with van der Waals surface area (Å²) < 4.78 is 0. The summed E-state index contributed by atoms with van der Waals surface area (Å²) in [5.41, 5.74) is 4.13. The van der Waals surface area contributed by atoms with Crippen LogP contribution in [0.4, 0.5) is 0 Å². The average Bonchev–Trinajstić information content (AvgIpc) is 2.77. The first kappa shape index (κ1) is 15.6. The molecule has 1 aliphatic carbocycles. The summed E-state index contributed by atoms with van der Waals surface area (Å²) in [5, 5.41) is 0. The van der Waals surface area contributed by atoms with Crippen LogP contribution in [-0.2, 0) is 5.41 Å². The lowest BCUT2D eigenvalue weighted by molar-refractivity contribution is 0.0622. The van der Waals surface area contributed by atoms with Gasteiger partial charge in [0.1, 0.15) is 0 Å². The molecule has 1 fully saturated rings. The lowest BCUT2D eigenvalue weighted by Gasteiger charge is -2.46. The molecule has 0 saturated heterocycles. The van der Waals surface area contributed by atoms with E-state index in [9.17, 15) is 0 Å². The molecule has 0 amide bonds. The van der Waals surface area contributed by atoms with Crippen molar-refractivity contribution < 1.29 is 0 Å². The minimum Gasteiger partial charge on any atom is -0.0620 e. The van der Waals surface area contributed by atoms with Crippen molar-refractivity contribution in [3.8, 4) is 0 Å². The Labute approximate surface area is 126 Å². The summed E-state index contributed by atoms with van der Waals surface area (Å²) in [4.78, 5) is 0. The molecule has 112 valence electrons. The number of benzene rings is 1. The molecule has 0 heterocycles. The van der Waals surface area contributed by atoms with E-state index in [0.717, 1.165) is 0 Å². The maximum Gasteiger partial charge on any atom is -0.00957 e. The summed E-state index contributed by atoms with van der Waals surface area (Å²) in [7, 11) is 0. The predicted octanol–water partition coefficient (Wildman–Crippen LogP) is 6.27. The van der Waals surface area contributed by atoms with Gasteiger partial charge in [0.05, 0.1) is 0 Å². The van der Waals surface area contributed by atoms with Crippen molar-refractivity contribution >= 4 is 0 Å². The monoisotopic (exact) mass is 272 g/mol. The van der Waals surface area contributed by atoms with Crippen molar-refractivity contribution in [1.82, 2.24) is 0 Å². The van der Waals surface area contributed by atoms with E-state index in [0.29, 0.717) is 10.8 Å². The Morgan fingerprint density at radius 1 is 1.00 bits per heavy atom. The van der Waals surface area contributed by atoms with Crippen molar-refractivity contribution in [3.05, 3.63) is 35.4 Å². The molecule has 20 heavy (non-hydrogen) atoms. The van der Waals surface area contributed by atoms with Gasteiger partial charge in [-0.2, -0.15) is 0 Å². The van der Waals surface area contributed by atoms with Crippen LogP contribution in [0.15, 0.2) is 24.3 Å². The van der Waals surface area contributed by atoms with Gasteiger partial charge in [-0.15, -0.1) is 0 Å². The van der Waals surface area contributed by atoms with Crippen LogP contribution in [0.3, 0.4) is 0 Å². The molecule has 0 bridgehead atoms. The zero-order valence-electron chi connectivity index (χ0n) is 14.3. The Kier molecular flexibility index (Phi) is 4.06. The molecular weight excluding hydrogens is 240 g/mol. The molecular formula is C20H32. The number of hydrogen-bond acceptors (Lipinski definition) is 0. The van der Waals surface area contributed by atoms with Crippen molar-refractivity contribution in [2.24, 2.45) is 10.8 Å². The SMILES string of the molecule is Cc1ccccc1C(C)(C)CC(C)(C)C1(C)CCCC1. The second-order valence-electron chi connectivity index (χ2n) is 8.53. The fourth-order valence-electron chi connectivity index (χ4n) is 4.58. The molecule has 0 heteroatoms. The Balaban J connectivity index is 2.25. The van der Waals surface area contributed by atoms with E-state index >= 15 is 0 Å². The number of hydrogen-bond donors (Lipinski definition) is 0. The minimum absolute atomic E-state index is 0.250. The van der Waals surface area contributed by atoms with E-state index < -0.39 is 0 Å². The zero-order valence-corrected chi connectivity index (χ0v) is 14.3. The fraction of sp³-hybridized carbons (Fsp3) is 0.700. The fourth-order valence-corrected chi connectivity index (χ4v) is 4.58. The predicted molar refractivity (Wildman–Crippen MR) is 89.2 cm³/mol. The van der Waals surface area contributed by atoms with E-state index in [1.807, 2.05) is 0 Å². The molecule has 1 saturated carbocycles. The summed E-state index contributed by atoms with van der Waals surface area (Å²) in [6.07, 6.45) is 6.92. The topological polar surface area (TPSA) is 0 Å². The molecule has 2 rings (SSSR count). The lowest BCUT2D eigenvalue weighted by atomic mass is 9.58. The van der Waals surface area contributed by atoms with E-state index in [2.05, 4.69) is 65.8 Å². The number of rotatable bonds is 4. The van der Waals surface area contributed by atoms with E-state index in [4.69, 9.17) is 0 Å². The van der Waals surface area contributed by atoms with Crippen LogP contribution in [0, 0.1) is 17.8 Å². The highest BCUT2D eigenvalue weighted by Gasteiger charge is 2.45. The van der Waals surface area contributed by atoms with E-state index in [1.165, 1.54) is 43.2 Å². The van der Waals surface area contributed by atoms with Crippen LogP contribution >= 0.6 is 0 Å². The van der Waals surface area contributed by atoms with Crippen LogP contribution in [-0.4, -0.2) is 0 Å². The molecule has 1 aliphatic rings. The third-order valence-corrected chi connectivity index (χ3v) is 6.10. The third-order valence-electron chi connectivity index (χ3n) is 6.10. The van der Waals surface area contributed by atoms with Crippen LogP contribution in [0.2, 0.25) is 0 Å². The Morgan fingerprint density at radius 3 is 2.10 bits per heavy atom. The zero-order chi connectivity index (χ0) is 15.0. The summed E-state index contributed by atoms with van der Waals surface area (Å²) in [6, 6.07) is 8.91. The second kappa shape index (κ2) is 5.20. The maximum atomic E-state index is 2.52. The highest BCUT2D eigenvalue weighted by Crippen LogP contribution is 2.55. The summed E-state index contributed by atoms with van der Waals surface area (Å²) in [5.74, 6) is 0. The van der Waals surface area contributed by atoms with E-state index in [1.54, 1.807) is 0 Å². The highest BCUT2D eigenvalue weighted by atomic mass is 14.5. The highest BCUT2D eigenvalue weighted by molar-refractivity contribution is 5.32. The van der Waals surface area contributed by atoms with Gasteiger partial charge in [0.15, 0.2) is 0 Å². The third kappa shape index (κ3) is 2.80. The first-order valence-corrected chi connectivity index (χ1v) is 8.24. The first-order chi connectivity index (χ1) is 9.18. The van der Waals surface area contributed by atoms with Gasteiger partial charge in [-0.1, -0.05) is 71.7 Å². The van der Waals surface area contributed by atoms with Gasteiger partial charge < -0.3 is 0 Å². The molecule has 0 radical (unpaired) electrons. The van der Waals surface area contributed by atoms with Crippen molar-refractivity contribution in [1.29, 1.82) is 0 Å². The van der Waals surface area contributed by atoms with Crippen molar-refractivity contribution in [2.75, 3.05) is 0 Å². The van der Waals surface area contributed by atoms with Crippen LogP contribution < -0.4 is 0 Å². The van der Waals surface area contributed by atoms with Gasteiger partial charge in [0, 0.05) is 0 Å². The van der Waals surface area contributed by atoms with Gasteiger partial charge in [-0.3, -0.25) is 0 Å². The first-order valence-electron chi connectivity index (χ1n) is 8.24.